The number of anilines is 3. The molecule has 3 aromatic carbocycles. The molecule has 8 nitrogen and oxygen atoms in total. The van der Waals surface area contributed by atoms with E-state index in [0.29, 0.717) is 28.4 Å². The quantitative estimate of drug-likeness (QED) is 0.417. The minimum absolute atomic E-state index is 0.0850. The van der Waals surface area contributed by atoms with Crippen molar-refractivity contribution in [2.75, 3.05) is 16.0 Å². The third-order valence-corrected chi connectivity index (χ3v) is 5.50. The van der Waals surface area contributed by atoms with Crippen molar-refractivity contribution in [1.82, 2.24) is 5.32 Å². The highest BCUT2D eigenvalue weighted by atomic mass is 19.1. The third kappa shape index (κ3) is 5.94. The summed E-state index contributed by atoms with van der Waals surface area (Å²) in [6.07, 6.45) is -0.663. The van der Waals surface area contributed by atoms with E-state index in [1.165, 1.54) is 6.07 Å². The lowest BCUT2D eigenvalue weighted by Crippen LogP contribution is -2.34. The molecule has 0 aliphatic carbocycles. The largest absolute Gasteiger partial charge is 0.479 e. The number of carbonyl (C=O) groups is 3. The van der Waals surface area contributed by atoms with E-state index < -0.39 is 18.0 Å². The second kappa shape index (κ2) is 10.3. The lowest BCUT2D eigenvalue weighted by Gasteiger charge is -2.24. The minimum atomic E-state index is -0.578. The van der Waals surface area contributed by atoms with Gasteiger partial charge in [-0.05, 0) is 61.4 Å². The molecule has 9 heteroatoms. The van der Waals surface area contributed by atoms with Gasteiger partial charge in [-0.15, -0.1) is 0 Å². The number of carbonyl (C=O) groups excluding carboxylic acids is 3. The number of nitrogens with one attached hydrogen (secondary N) is 4. The maximum atomic E-state index is 13.8. The van der Waals surface area contributed by atoms with Crippen molar-refractivity contribution in [3.8, 4) is 5.75 Å². The Morgan fingerprint density at radius 2 is 1.80 bits per heavy atom. The number of hydrogen-bond donors (Lipinski definition) is 4. The molecule has 4 amide bonds. The molecule has 35 heavy (non-hydrogen) atoms. The Bertz CT molecular complexity index is 1280. The summed E-state index contributed by atoms with van der Waals surface area (Å²) in [6.45, 7) is 3.46. The Hall–Kier alpha value is -4.40. The number of hydrogen-bond acceptors (Lipinski definition) is 4. The molecule has 4 N–H and O–H groups in total. The smallest absolute Gasteiger partial charge is 0.319 e. The average molecular weight is 477 g/mol. The first-order valence-electron chi connectivity index (χ1n) is 11.1. The van der Waals surface area contributed by atoms with Crippen LogP contribution in [0.1, 0.15) is 31.0 Å². The maximum Gasteiger partial charge on any atom is 0.319 e. The van der Waals surface area contributed by atoms with Crippen LogP contribution in [0.5, 0.6) is 5.75 Å². The van der Waals surface area contributed by atoms with Crippen LogP contribution in [0.25, 0.3) is 0 Å². The summed E-state index contributed by atoms with van der Waals surface area (Å²) in [5, 5.41) is 11.1. The van der Waals surface area contributed by atoms with E-state index >= 15 is 0 Å². The molecule has 0 radical (unpaired) electrons. The molecular weight excluding hydrogens is 451 g/mol. The number of ether oxygens (including phenoxy) is 1. The van der Waals surface area contributed by atoms with Gasteiger partial charge in [0.1, 0.15) is 11.6 Å². The van der Waals surface area contributed by atoms with E-state index in [-0.39, 0.29) is 24.3 Å². The molecule has 4 rings (SSSR count). The van der Waals surface area contributed by atoms with Gasteiger partial charge in [0.25, 0.3) is 5.91 Å². The SMILES string of the molecule is CC1Oc2ccc(NC(=O)NC(C)c3cccc(NC(=O)Cc4ccccc4F)c3)cc2NC1=O. The predicted octanol–water partition coefficient (Wildman–Crippen LogP) is 4.61. The Morgan fingerprint density at radius 3 is 2.60 bits per heavy atom. The van der Waals surface area contributed by atoms with Crippen molar-refractivity contribution in [2.24, 2.45) is 0 Å². The zero-order valence-corrected chi connectivity index (χ0v) is 19.2. The highest BCUT2D eigenvalue weighted by Gasteiger charge is 2.23. The van der Waals surface area contributed by atoms with Crippen molar-refractivity contribution in [2.45, 2.75) is 32.4 Å². The first-order chi connectivity index (χ1) is 16.8. The van der Waals surface area contributed by atoms with E-state index in [2.05, 4.69) is 21.3 Å². The summed E-state index contributed by atoms with van der Waals surface area (Å²) >= 11 is 0. The normalized spacial score (nSPS) is 15.2. The van der Waals surface area contributed by atoms with Gasteiger partial charge in [-0.25, -0.2) is 9.18 Å². The minimum Gasteiger partial charge on any atom is -0.479 e. The molecule has 0 spiro atoms. The molecule has 2 unspecified atom stereocenters. The number of rotatable bonds is 6. The lowest BCUT2D eigenvalue weighted by molar-refractivity contribution is -0.122. The van der Waals surface area contributed by atoms with Gasteiger partial charge in [0.15, 0.2) is 6.10 Å². The molecule has 0 saturated heterocycles. The number of benzene rings is 3. The Morgan fingerprint density at radius 1 is 1.03 bits per heavy atom. The number of halogens is 1. The summed E-state index contributed by atoms with van der Waals surface area (Å²) < 4.78 is 19.3. The third-order valence-electron chi connectivity index (χ3n) is 5.50. The van der Waals surface area contributed by atoms with Crippen molar-refractivity contribution < 1.29 is 23.5 Å². The van der Waals surface area contributed by atoms with Gasteiger partial charge in [0.05, 0.1) is 18.2 Å². The maximum absolute atomic E-state index is 13.8. The van der Waals surface area contributed by atoms with Crippen LogP contribution in [-0.4, -0.2) is 23.9 Å². The van der Waals surface area contributed by atoms with Gasteiger partial charge >= 0.3 is 6.03 Å². The molecule has 180 valence electrons. The average Bonchev–Trinajstić information content (AvgIpc) is 2.81. The molecule has 1 aliphatic heterocycles. The van der Waals surface area contributed by atoms with Crippen molar-refractivity contribution in [1.29, 1.82) is 0 Å². The topological polar surface area (TPSA) is 109 Å². The number of fused-ring (bicyclic) bond motifs is 1. The summed E-state index contributed by atoms with van der Waals surface area (Å²) in [7, 11) is 0. The zero-order valence-electron chi connectivity index (χ0n) is 19.2. The van der Waals surface area contributed by atoms with E-state index in [1.54, 1.807) is 61.5 Å². The van der Waals surface area contributed by atoms with Crippen LogP contribution in [0.15, 0.2) is 66.7 Å². The Labute approximate surface area is 201 Å². The van der Waals surface area contributed by atoms with Crippen LogP contribution >= 0.6 is 0 Å². The van der Waals surface area contributed by atoms with Gasteiger partial charge < -0.3 is 26.0 Å². The highest BCUT2D eigenvalue weighted by molar-refractivity contribution is 5.99. The molecule has 0 saturated carbocycles. The molecule has 0 fully saturated rings. The van der Waals surface area contributed by atoms with Gasteiger partial charge in [-0.3, -0.25) is 9.59 Å². The molecule has 3 aromatic rings. The van der Waals surface area contributed by atoms with Crippen LogP contribution < -0.4 is 26.0 Å². The van der Waals surface area contributed by atoms with E-state index in [4.69, 9.17) is 4.74 Å². The van der Waals surface area contributed by atoms with Gasteiger partial charge in [0, 0.05) is 11.4 Å². The Kier molecular flexibility index (Phi) is 6.96. The number of urea groups is 1. The van der Waals surface area contributed by atoms with Gasteiger partial charge in [0.2, 0.25) is 5.91 Å². The number of amides is 4. The molecule has 1 heterocycles. The highest BCUT2D eigenvalue weighted by Crippen LogP contribution is 2.32. The molecule has 1 aliphatic rings. The van der Waals surface area contributed by atoms with Gasteiger partial charge in [-0.2, -0.15) is 0 Å². The van der Waals surface area contributed by atoms with Crippen LogP contribution in [0.4, 0.5) is 26.2 Å². The van der Waals surface area contributed by atoms with Crippen molar-refractivity contribution >= 4 is 34.9 Å². The van der Waals surface area contributed by atoms with E-state index in [9.17, 15) is 18.8 Å². The summed E-state index contributed by atoms with van der Waals surface area (Å²) in [5.74, 6) is -0.494. The fraction of sp³-hybridized carbons (Fsp3) is 0.192. The van der Waals surface area contributed by atoms with Crippen LogP contribution in [0.3, 0.4) is 0 Å². The van der Waals surface area contributed by atoms with E-state index in [0.717, 1.165) is 5.56 Å². The summed E-state index contributed by atoms with van der Waals surface area (Å²) in [6, 6.07) is 17.4. The summed E-state index contributed by atoms with van der Waals surface area (Å²) in [4.78, 5) is 36.7. The zero-order chi connectivity index (χ0) is 24.9. The van der Waals surface area contributed by atoms with Crippen LogP contribution in [-0.2, 0) is 16.0 Å². The van der Waals surface area contributed by atoms with Crippen molar-refractivity contribution in [3.63, 3.8) is 0 Å². The second-order valence-corrected chi connectivity index (χ2v) is 8.22. The lowest BCUT2D eigenvalue weighted by atomic mass is 10.1. The fourth-order valence-corrected chi connectivity index (χ4v) is 3.64. The molecule has 0 bridgehead atoms. The Balaban J connectivity index is 1.35. The molecule has 2 atom stereocenters. The predicted molar refractivity (Wildman–Crippen MR) is 131 cm³/mol. The van der Waals surface area contributed by atoms with Crippen molar-refractivity contribution in [3.05, 3.63) is 83.7 Å². The van der Waals surface area contributed by atoms with Crippen LogP contribution in [0, 0.1) is 5.82 Å². The monoisotopic (exact) mass is 476 g/mol. The standard InChI is InChI=1S/C26H25FN4O4/c1-15(28-26(34)30-20-10-11-23-22(14-20)31-25(33)16(2)35-23)17-7-5-8-19(12-17)29-24(32)13-18-6-3-4-9-21(18)27/h3-12,14-16H,13H2,1-2H3,(H,29,32)(H,31,33)(H2,28,30,34). The molecular formula is C26H25FN4O4. The first kappa shape index (κ1) is 23.7. The second-order valence-electron chi connectivity index (χ2n) is 8.22. The van der Waals surface area contributed by atoms with Gasteiger partial charge in [-0.1, -0.05) is 30.3 Å². The van der Waals surface area contributed by atoms with Crippen LogP contribution in [0.2, 0.25) is 0 Å². The fourth-order valence-electron chi connectivity index (χ4n) is 3.64. The summed E-state index contributed by atoms with van der Waals surface area (Å²) in [5.41, 5.74) is 2.59. The van der Waals surface area contributed by atoms with E-state index in [1.807, 2.05) is 13.0 Å². The first-order valence-corrected chi connectivity index (χ1v) is 11.1. The molecule has 0 aromatic heterocycles.